The maximum absolute atomic E-state index is 12.0. The van der Waals surface area contributed by atoms with Crippen LogP contribution in [-0.4, -0.2) is 138 Å². The van der Waals surface area contributed by atoms with Gasteiger partial charge in [0, 0.05) is 57.3 Å². The van der Waals surface area contributed by atoms with Gasteiger partial charge in [-0.05, 0) is 29.8 Å². The summed E-state index contributed by atoms with van der Waals surface area (Å²) in [7, 11) is 2.73. The Hall–Kier alpha value is -2.62. The maximum Gasteiger partial charge on any atom is 0.356 e. The molecule has 2 heterocycles. The van der Waals surface area contributed by atoms with E-state index in [-0.39, 0.29) is 17.8 Å². The standard InChI is InChI=1S/C32H48N4O8S/c1-39-31(37)27-6-3-5-26(21-27)22-35-10-14-41-18-19-42-15-11-36(23-28-7-4-8-30(34-28)32(38)40-2)13-17-44-29(24-43-16-12-35)25-45-20-9-33/h3-8,21,29H,9-20,22-25,33H2,1-2H3/t29-/m0/s1. The van der Waals surface area contributed by atoms with Gasteiger partial charge in [0.2, 0.25) is 0 Å². The number of carbonyl (C=O) groups excluding carboxylic acids is 2. The number of hydrogen-bond acceptors (Lipinski definition) is 13. The van der Waals surface area contributed by atoms with Crippen LogP contribution in [0.3, 0.4) is 0 Å². The highest BCUT2D eigenvalue weighted by Crippen LogP contribution is 2.12. The molecule has 0 saturated carbocycles. The molecule has 0 radical (unpaired) electrons. The molecule has 250 valence electrons. The quantitative estimate of drug-likeness (QED) is 0.298. The van der Waals surface area contributed by atoms with Crippen molar-refractivity contribution in [2.75, 3.05) is 105 Å². The Morgan fingerprint density at radius 2 is 1.53 bits per heavy atom. The van der Waals surface area contributed by atoms with Crippen LogP contribution in [0.2, 0.25) is 0 Å². The molecule has 0 spiro atoms. The van der Waals surface area contributed by atoms with E-state index in [1.54, 1.807) is 23.9 Å². The lowest BCUT2D eigenvalue weighted by molar-refractivity contribution is -0.0237. The van der Waals surface area contributed by atoms with E-state index in [9.17, 15) is 9.59 Å². The lowest BCUT2D eigenvalue weighted by Gasteiger charge is -2.25. The molecular formula is C32H48N4O8S. The summed E-state index contributed by atoms with van der Waals surface area (Å²) in [5, 5.41) is 0. The Balaban J connectivity index is 1.61. The van der Waals surface area contributed by atoms with Crippen LogP contribution in [0.1, 0.15) is 32.1 Å². The fraction of sp³-hybridized carbons (Fsp3) is 0.594. The van der Waals surface area contributed by atoms with Crippen molar-refractivity contribution >= 4 is 23.7 Å². The van der Waals surface area contributed by atoms with Gasteiger partial charge < -0.3 is 34.2 Å². The van der Waals surface area contributed by atoms with E-state index >= 15 is 0 Å². The summed E-state index contributed by atoms with van der Waals surface area (Å²) in [6.45, 7) is 8.00. The molecule has 1 atom stereocenters. The number of carbonyl (C=O) groups is 2. The highest BCUT2D eigenvalue weighted by Gasteiger charge is 2.16. The number of hydrogen-bond donors (Lipinski definition) is 1. The van der Waals surface area contributed by atoms with E-state index in [4.69, 9.17) is 34.2 Å². The minimum atomic E-state index is -0.461. The maximum atomic E-state index is 12.0. The van der Waals surface area contributed by atoms with Crippen molar-refractivity contribution in [2.24, 2.45) is 5.73 Å². The molecule has 1 aromatic carbocycles. The average molecular weight is 649 g/mol. The van der Waals surface area contributed by atoms with Gasteiger partial charge in [-0.15, -0.1) is 0 Å². The minimum Gasteiger partial charge on any atom is -0.465 e. The summed E-state index contributed by atoms with van der Waals surface area (Å²) in [6, 6.07) is 12.8. The molecule has 1 aromatic heterocycles. The van der Waals surface area contributed by atoms with Crippen LogP contribution in [0.5, 0.6) is 0 Å². The van der Waals surface area contributed by atoms with Crippen molar-refractivity contribution < 1.29 is 38.0 Å². The van der Waals surface area contributed by atoms with Crippen LogP contribution in [-0.2, 0) is 41.5 Å². The van der Waals surface area contributed by atoms with Gasteiger partial charge in [0.1, 0.15) is 5.69 Å². The van der Waals surface area contributed by atoms with Crippen LogP contribution in [0.25, 0.3) is 0 Å². The molecule has 2 N–H and O–H groups in total. The van der Waals surface area contributed by atoms with Crippen LogP contribution < -0.4 is 5.73 Å². The number of rotatable bonds is 10. The van der Waals surface area contributed by atoms with E-state index in [1.165, 1.54) is 14.2 Å². The number of aromatic nitrogens is 1. The normalized spacial score (nSPS) is 18.9. The number of pyridine rings is 1. The Morgan fingerprint density at radius 1 is 0.867 bits per heavy atom. The molecule has 45 heavy (non-hydrogen) atoms. The Morgan fingerprint density at radius 3 is 2.24 bits per heavy atom. The van der Waals surface area contributed by atoms with Gasteiger partial charge in [0.05, 0.1) is 77.8 Å². The van der Waals surface area contributed by atoms with E-state index < -0.39 is 5.97 Å². The topological polar surface area (TPSA) is 135 Å². The summed E-state index contributed by atoms with van der Waals surface area (Å²) >= 11 is 1.75. The monoisotopic (exact) mass is 648 g/mol. The third-order valence-electron chi connectivity index (χ3n) is 7.00. The molecule has 1 saturated heterocycles. The average Bonchev–Trinajstić information content (AvgIpc) is 3.06. The number of nitrogens with zero attached hydrogens (tertiary/aromatic N) is 3. The number of thioether (sulfide) groups is 1. The molecule has 0 unspecified atom stereocenters. The van der Waals surface area contributed by atoms with E-state index in [2.05, 4.69) is 14.8 Å². The predicted molar refractivity (Wildman–Crippen MR) is 172 cm³/mol. The molecule has 1 aliphatic heterocycles. The van der Waals surface area contributed by atoms with Crippen molar-refractivity contribution in [2.45, 2.75) is 19.2 Å². The molecule has 12 nitrogen and oxygen atoms in total. The Kier molecular flexibility index (Phi) is 18.0. The van der Waals surface area contributed by atoms with Gasteiger partial charge >= 0.3 is 11.9 Å². The van der Waals surface area contributed by atoms with Crippen LogP contribution in [0.4, 0.5) is 0 Å². The van der Waals surface area contributed by atoms with Crippen LogP contribution >= 0.6 is 11.8 Å². The van der Waals surface area contributed by atoms with Crippen molar-refractivity contribution in [3.63, 3.8) is 0 Å². The zero-order chi connectivity index (χ0) is 32.1. The second-order valence-corrected chi connectivity index (χ2v) is 11.6. The summed E-state index contributed by atoms with van der Waals surface area (Å²) in [5.41, 5.74) is 8.31. The van der Waals surface area contributed by atoms with E-state index in [0.29, 0.717) is 97.6 Å². The predicted octanol–water partition coefficient (Wildman–Crippen LogP) is 2.10. The SMILES string of the molecule is COC(=O)c1cccc(CN2CCOCCOCCN(Cc3cccc(C(=O)OC)n3)CCO[C@H](CSCCN)COCC2)c1. The van der Waals surface area contributed by atoms with Gasteiger partial charge in [-0.1, -0.05) is 18.2 Å². The second kappa shape index (κ2) is 22.0. The number of benzene rings is 1. The molecule has 0 amide bonds. The third kappa shape index (κ3) is 14.6. The largest absolute Gasteiger partial charge is 0.465 e. The summed E-state index contributed by atoms with van der Waals surface area (Å²) in [6.07, 6.45) is -0.0900. The van der Waals surface area contributed by atoms with E-state index in [1.807, 2.05) is 30.3 Å². The van der Waals surface area contributed by atoms with Crippen molar-refractivity contribution in [3.05, 3.63) is 65.0 Å². The van der Waals surface area contributed by atoms with Gasteiger partial charge in [0.15, 0.2) is 0 Å². The second-order valence-electron chi connectivity index (χ2n) is 10.4. The first-order valence-electron chi connectivity index (χ1n) is 15.3. The third-order valence-corrected chi connectivity index (χ3v) is 8.13. The minimum absolute atomic E-state index is 0.0900. The molecular weight excluding hydrogens is 600 g/mol. The van der Waals surface area contributed by atoms with Crippen LogP contribution in [0.15, 0.2) is 42.5 Å². The Labute approximate surface area is 270 Å². The molecule has 1 aliphatic rings. The van der Waals surface area contributed by atoms with Gasteiger partial charge in [-0.2, -0.15) is 11.8 Å². The number of methoxy groups -OCH3 is 2. The zero-order valence-electron chi connectivity index (χ0n) is 26.5. The lowest BCUT2D eigenvalue weighted by Crippen LogP contribution is -2.35. The van der Waals surface area contributed by atoms with Gasteiger partial charge in [0.25, 0.3) is 0 Å². The molecule has 1 fully saturated rings. The van der Waals surface area contributed by atoms with Crippen molar-refractivity contribution in [1.82, 2.24) is 14.8 Å². The molecule has 13 heteroatoms. The first kappa shape index (κ1) is 36.8. The fourth-order valence-electron chi connectivity index (χ4n) is 4.64. The molecule has 0 bridgehead atoms. The first-order valence-corrected chi connectivity index (χ1v) is 16.5. The number of esters is 2. The van der Waals surface area contributed by atoms with Crippen LogP contribution in [0, 0.1) is 0 Å². The Bertz CT molecular complexity index is 1140. The molecule has 0 aliphatic carbocycles. The molecule has 3 rings (SSSR count). The van der Waals surface area contributed by atoms with Crippen molar-refractivity contribution in [3.8, 4) is 0 Å². The first-order chi connectivity index (χ1) is 22.0. The highest BCUT2D eigenvalue weighted by atomic mass is 32.2. The van der Waals surface area contributed by atoms with Gasteiger partial charge in [-0.25, -0.2) is 14.6 Å². The van der Waals surface area contributed by atoms with E-state index in [0.717, 1.165) is 22.8 Å². The summed E-state index contributed by atoms with van der Waals surface area (Å²) in [5.74, 6) is 0.816. The highest BCUT2D eigenvalue weighted by molar-refractivity contribution is 7.99. The number of nitrogens with two attached hydrogens (primary N) is 1. The number of ether oxygens (including phenoxy) is 6. The fourth-order valence-corrected chi connectivity index (χ4v) is 5.42. The summed E-state index contributed by atoms with van der Waals surface area (Å²) < 4.78 is 33.9. The summed E-state index contributed by atoms with van der Waals surface area (Å²) in [4.78, 5) is 32.9. The smallest absolute Gasteiger partial charge is 0.356 e. The molecule has 2 aromatic rings. The van der Waals surface area contributed by atoms with Crippen molar-refractivity contribution in [1.29, 1.82) is 0 Å². The van der Waals surface area contributed by atoms with Gasteiger partial charge in [-0.3, -0.25) is 9.80 Å². The zero-order valence-corrected chi connectivity index (χ0v) is 27.3. The lowest BCUT2D eigenvalue weighted by atomic mass is 10.1.